The number of carbonyl (C=O) groups excluding carboxylic acids is 1. The van der Waals surface area contributed by atoms with Crippen molar-refractivity contribution in [3.8, 4) is 0 Å². The number of ether oxygens (including phenoxy) is 1. The molecule has 0 saturated carbocycles. The smallest absolute Gasteiger partial charge is 0.340 e. The van der Waals surface area contributed by atoms with Crippen molar-refractivity contribution in [1.82, 2.24) is 0 Å². The lowest BCUT2D eigenvalue weighted by molar-refractivity contribution is 0.0594. The van der Waals surface area contributed by atoms with Crippen molar-refractivity contribution in [2.24, 2.45) is 0 Å². The Bertz CT molecular complexity index is 440. The van der Waals surface area contributed by atoms with Crippen LogP contribution in [0.1, 0.15) is 17.3 Å². The summed E-state index contributed by atoms with van der Waals surface area (Å²) < 4.78 is 31.6. The van der Waals surface area contributed by atoms with E-state index in [1.807, 2.05) is 13.2 Å². The normalized spacial score (nSPS) is 12.1. The van der Waals surface area contributed by atoms with E-state index in [9.17, 15) is 13.6 Å². The number of methoxy groups -OCH3 is 1. The zero-order valence-electron chi connectivity index (χ0n) is 10.4. The molecule has 1 atom stereocenters. The fraction of sp³-hybridized carbons (Fsp3) is 0.417. The Kier molecular flexibility index (Phi) is 5.40. The molecule has 1 aromatic carbocycles. The molecule has 3 nitrogen and oxygen atoms in total. The second kappa shape index (κ2) is 6.58. The predicted molar refractivity (Wildman–Crippen MR) is 69.2 cm³/mol. The van der Waals surface area contributed by atoms with Gasteiger partial charge < -0.3 is 10.1 Å². The Morgan fingerprint density at radius 3 is 2.67 bits per heavy atom. The molecule has 1 N–H and O–H groups in total. The Morgan fingerprint density at radius 1 is 1.44 bits per heavy atom. The highest BCUT2D eigenvalue weighted by atomic mass is 32.2. The second-order valence-corrected chi connectivity index (χ2v) is 4.98. The van der Waals surface area contributed by atoms with Crippen molar-refractivity contribution in [1.29, 1.82) is 0 Å². The summed E-state index contributed by atoms with van der Waals surface area (Å²) in [6.45, 7) is 2.48. The lowest BCUT2D eigenvalue weighted by Crippen LogP contribution is -2.15. The summed E-state index contributed by atoms with van der Waals surface area (Å²) in [5, 5.41) is 3.07. The maximum Gasteiger partial charge on any atom is 0.340 e. The Balaban J connectivity index is 2.90. The number of anilines is 1. The molecule has 100 valence electrons. The molecule has 1 rings (SSSR count). The number of esters is 1. The molecular weight excluding hydrogens is 260 g/mol. The van der Waals surface area contributed by atoms with Gasteiger partial charge in [0.2, 0.25) is 0 Å². The summed E-state index contributed by atoms with van der Waals surface area (Å²) in [4.78, 5) is 11.2. The van der Waals surface area contributed by atoms with Gasteiger partial charge in [0.05, 0.1) is 18.4 Å². The van der Waals surface area contributed by atoms with Gasteiger partial charge in [-0.05, 0) is 18.4 Å². The number of thioether (sulfide) groups is 1. The average molecular weight is 275 g/mol. The van der Waals surface area contributed by atoms with E-state index >= 15 is 0 Å². The molecule has 0 radical (unpaired) electrons. The zero-order valence-corrected chi connectivity index (χ0v) is 11.2. The number of nitrogens with one attached hydrogen (secondary N) is 1. The molecule has 0 heterocycles. The third-order valence-corrected chi connectivity index (χ3v) is 3.44. The second-order valence-electron chi connectivity index (χ2n) is 3.71. The molecule has 0 fully saturated rings. The van der Waals surface area contributed by atoms with Crippen LogP contribution in [-0.2, 0) is 4.74 Å². The van der Waals surface area contributed by atoms with Crippen LogP contribution in [0.3, 0.4) is 0 Å². The molecule has 1 aromatic rings. The molecule has 0 bridgehead atoms. The quantitative estimate of drug-likeness (QED) is 0.839. The monoisotopic (exact) mass is 275 g/mol. The zero-order chi connectivity index (χ0) is 13.7. The van der Waals surface area contributed by atoms with Crippen molar-refractivity contribution >= 4 is 23.4 Å². The minimum atomic E-state index is -1.19. The van der Waals surface area contributed by atoms with Gasteiger partial charge in [0, 0.05) is 11.8 Å². The fourth-order valence-corrected chi connectivity index (χ4v) is 1.54. The minimum absolute atomic E-state index is 0.0426. The van der Waals surface area contributed by atoms with Gasteiger partial charge in [-0.1, -0.05) is 6.92 Å². The lowest BCUT2D eigenvalue weighted by Gasteiger charge is -2.13. The summed E-state index contributed by atoms with van der Waals surface area (Å²) in [5.41, 5.74) is -0.362. The molecule has 0 aliphatic heterocycles. The van der Waals surface area contributed by atoms with E-state index in [-0.39, 0.29) is 10.9 Å². The van der Waals surface area contributed by atoms with Crippen molar-refractivity contribution in [3.05, 3.63) is 29.3 Å². The number of benzene rings is 1. The number of hydrogen-bond acceptors (Lipinski definition) is 4. The summed E-state index contributed by atoms with van der Waals surface area (Å²) >= 11 is 1.61. The SMILES string of the molecule is COC(=O)c1ccc(NCC(C)SC)c(F)c1F. The molecule has 0 spiro atoms. The van der Waals surface area contributed by atoms with Crippen LogP contribution < -0.4 is 5.32 Å². The summed E-state index contributed by atoms with van der Waals surface area (Å²) in [5.74, 6) is -3.15. The summed E-state index contributed by atoms with van der Waals surface area (Å²) in [6, 6.07) is 2.54. The molecule has 0 aliphatic carbocycles. The van der Waals surface area contributed by atoms with Crippen LogP contribution in [0.4, 0.5) is 14.5 Å². The van der Waals surface area contributed by atoms with Crippen LogP contribution in [0.2, 0.25) is 0 Å². The highest BCUT2D eigenvalue weighted by Crippen LogP contribution is 2.21. The Morgan fingerprint density at radius 2 is 2.11 bits per heavy atom. The van der Waals surface area contributed by atoms with Gasteiger partial charge in [0.15, 0.2) is 11.6 Å². The van der Waals surface area contributed by atoms with E-state index in [2.05, 4.69) is 10.1 Å². The molecule has 18 heavy (non-hydrogen) atoms. The van der Waals surface area contributed by atoms with Crippen LogP contribution in [0.25, 0.3) is 0 Å². The van der Waals surface area contributed by atoms with Crippen molar-refractivity contribution in [3.63, 3.8) is 0 Å². The molecule has 0 saturated heterocycles. The maximum atomic E-state index is 13.7. The van der Waals surface area contributed by atoms with Gasteiger partial charge >= 0.3 is 5.97 Å². The summed E-state index contributed by atoms with van der Waals surface area (Å²) in [7, 11) is 1.12. The van der Waals surface area contributed by atoms with E-state index in [0.717, 1.165) is 7.11 Å². The first-order valence-corrected chi connectivity index (χ1v) is 6.63. The van der Waals surface area contributed by atoms with Crippen molar-refractivity contribution < 1.29 is 18.3 Å². The van der Waals surface area contributed by atoms with Crippen molar-refractivity contribution in [2.45, 2.75) is 12.2 Å². The van der Waals surface area contributed by atoms with E-state index in [1.165, 1.54) is 12.1 Å². The first-order chi connectivity index (χ1) is 8.51. The van der Waals surface area contributed by atoms with Crippen LogP contribution in [-0.4, -0.2) is 31.1 Å². The van der Waals surface area contributed by atoms with Gasteiger partial charge in [0.25, 0.3) is 0 Å². The number of halogens is 2. The first-order valence-electron chi connectivity index (χ1n) is 5.34. The first kappa shape index (κ1) is 14.8. The average Bonchev–Trinajstić information content (AvgIpc) is 2.39. The van der Waals surface area contributed by atoms with Gasteiger partial charge in [0.1, 0.15) is 0 Å². The molecule has 0 aliphatic rings. The van der Waals surface area contributed by atoms with Crippen molar-refractivity contribution in [2.75, 3.05) is 25.2 Å². The standard InChI is InChI=1S/C12H15F2NO2S/c1-7(18-3)6-15-9-5-4-8(12(16)17-2)10(13)11(9)14/h4-5,7,15H,6H2,1-3H3. The lowest BCUT2D eigenvalue weighted by atomic mass is 10.2. The Labute approximate surface area is 109 Å². The van der Waals surface area contributed by atoms with E-state index in [1.54, 1.807) is 11.8 Å². The van der Waals surface area contributed by atoms with Gasteiger partial charge in [-0.15, -0.1) is 0 Å². The van der Waals surface area contributed by atoms with E-state index in [4.69, 9.17) is 0 Å². The van der Waals surface area contributed by atoms with Crippen LogP contribution in [0, 0.1) is 11.6 Å². The van der Waals surface area contributed by atoms with E-state index < -0.39 is 23.2 Å². The highest BCUT2D eigenvalue weighted by Gasteiger charge is 2.19. The predicted octanol–water partition coefficient (Wildman–Crippen LogP) is 2.91. The molecule has 0 aromatic heterocycles. The van der Waals surface area contributed by atoms with Gasteiger partial charge in [-0.25, -0.2) is 13.6 Å². The largest absolute Gasteiger partial charge is 0.465 e. The van der Waals surface area contributed by atoms with E-state index in [0.29, 0.717) is 6.54 Å². The number of carbonyl (C=O) groups is 1. The molecule has 0 amide bonds. The number of hydrogen-bond donors (Lipinski definition) is 1. The minimum Gasteiger partial charge on any atom is -0.465 e. The molecule has 6 heteroatoms. The molecule has 1 unspecified atom stereocenters. The number of rotatable bonds is 5. The maximum absolute atomic E-state index is 13.7. The van der Waals surface area contributed by atoms with Crippen LogP contribution in [0.5, 0.6) is 0 Å². The topological polar surface area (TPSA) is 38.3 Å². The van der Waals surface area contributed by atoms with Gasteiger partial charge in [-0.2, -0.15) is 11.8 Å². The van der Waals surface area contributed by atoms with Gasteiger partial charge in [-0.3, -0.25) is 0 Å². The third kappa shape index (κ3) is 3.35. The third-order valence-electron chi connectivity index (χ3n) is 2.47. The fourth-order valence-electron chi connectivity index (χ4n) is 1.29. The highest BCUT2D eigenvalue weighted by molar-refractivity contribution is 7.99. The van der Waals surface area contributed by atoms with Crippen LogP contribution in [0.15, 0.2) is 12.1 Å². The van der Waals surface area contributed by atoms with Crippen LogP contribution >= 0.6 is 11.8 Å². The Hall–Kier alpha value is -1.30. The summed E-state index contributed by atoms with van der Waals surface area (Å²) in [6.07, 6.45) is 1.93. The molecular formula is C12H15F2NO2S.